The average molecular weight is 341 g/mol. The SMILES string of the molecule is FC(F)(F)c1cnc2nc(-c3cccnc3-c3cccnc3)[nH]c2c1. The van der Waals surface area contributed by atoms with Gasteiger partial charge in [0, 0.05) is 35.9 Å². The van der Waals surface area contributed by atoms with Crippen LogP contribution in [-0.2, 0) is 6.18 Å². The molecule has 4 heterocycles. The number of aromatic amines is 1. The minimum atomic E-state index is -4.46. The highest BCUT2D eigenvalue weighted by molar-refractivity contribution is 5.82. The zero-order valence-electron chi connectivity index (χ0n) is 12.6. The van der Waals surface area contributed by atoms with E-state index < -0.39 is 11.7 Å². The van der Waals surface area contributed by atoms with Crippen LogP contribution in [0.2, 0.25) is 0 Å². The van der Waals surface area contributed by atoms with Crippen LogP contribution in [0.5, 0.6) is 0 Å². The number of pyridine rings is 3. The van der Waals surface area contributed by atoms with Crippen molar-refractivity contribution in [3.63, 3.8) is 0 Å². The normalized spacial score (nSPS) is 11.8. The topological polar surface area (TPSA) is 67.3 Å². The van der Waals surface area contributed by atoms with Crippen LogP contribution in [0.25, 0.3) is 33.8 Å². The van der Waals surface area contributed by atoms with E-state index >= 15 is 0 Å². The van der Waals surface area contributed by atoms with Crippen molar-refractivity contribution in [2.75, 3.05) is 0 Å². The molecule has 0 unspecified atom stereocenters. The van der Waals surface area contributed by atoms with Gasteiger partial charge in [0.25, 0.3) is 0 Å². The lowest BCUT2D eigenvalue weighted by Gasteiger charge is -2.05. The highest BCUT2D eigenvalue weighted by atomic mass is 19.4. The number of nitrogens with zero attached hydrogens (tertiary/aromatic N) is 4. The van der Waals surface area contributed by atoms with Crippen molar-refractivity contribution < 1.29 is 13.2 Å². The van der Waals surface area contributed by atoms with E-state index in [1.54, 1.807) is 36.8 Å². The van der Waals surface area contributed by atoms with Gasteiger partial charge in [-0.3, -0.25) is 9.97 Å². The Morgan fingerprint density at radius 1 is 0.960 bits per heavy atom. The van der Waals surface area contributed by atoms with Gasteiger partial charge in [-0.25, -0.2) is 9.97 Å². The molecule has 8 heteroatoms. The molecule has 4 aromatic heterocycles. The molecule has 0 atom stereocenters. The molecular formula is C17H10F3N5. The van der Waals surface area contributed by atoms with Crippen LogP contribution in [0.4, 0.5) is 13.2 Å². The van der Waals surface area contributed by atoms with E-state index in [4.69, 9.17) is 0 Å². The number of nitrogens with one attached hydrogen (secondary N) is 1. The second-order valence-electron chi connectivity index (χ2n) is 5.32. The van der Waals surface area contributed by atoms with E-state index in [-0.39, 0.29) is 11.2 Å². The summed E-state index contributed by atoms with van der Waals surface area (Å²) in [7, 11) is 0. The summed E-state index contributed by atoms with van der Waals surface area (Å²) in [6, 6.07) is 8.15. The van der Waals surface area contributed by atoms with Crippen LogP contribution in [0, 0.1) is 0 Å². The fourth-order valence-electron chi connectivity index (χ4n) is 2.51. The van der Waals surface area contributed by atoms with Gasteiger partial charge in [0.05, 0.1) is 16.8 Å². The molecule has 4 rings (SSSR count). The largest absolute Gasteiger partial charge is 0.417 e. The van der Waals surface area contributed by atoms with Crippen LogP contribution in [0.15, 0.2) is 55.1 Å². The van der Waals surface area contributed by atoms with Crippen LogP contribution in [0.3, 0.4) is 0 Å². The third-order valence-electron chi connectivity index (χ3n) is 3.66. The molecule has 0 amide bonds. The zero-order valence-corrected chi connectivity index (χ0v) is 12.6. The Labute approximate surface area is 139 Å². The third kappa shape index (κ3) is 2.82. The Hall–Kier alpha value is -3.29. The molecule has 124 valence electrons. The van der Waals surface area contributed by atoms with Gasteiger partial charge in [0.2, 0.25) is 0 Å². The van der Waals surface area contributed by atoms with Gasteiger partial charge >= 0.3 is 6.18 Å². The first-order chi connectivity index (χ1) is 12.0. The molecule has 0 bridgehead atoms. The molecule has 0 aliphatic heterocycles. The number of hydrogen-bond donors (Lipinski definition) is 1. The molecular weight excluding hydrogens is 331 g/mol. The first-order valence-electron chi connectivity index (χ1n) is 7.31. The average Bonchev–Trinajstić information content (AvgIpc) is 3.05. The molecule has 0 saturated heterocycles. The lowest BCUT2D eigenvalue weighted by molar-refractivity contribution is -0.137. The van der Waals surface area contributed by atoms with Crippen LogP contribution in [0.1, 0.15) is 5.56 Å². The summed E-state index contributed by atoms with van der Waals surface area (Å²) < 4.78 is 38.5. The predicted octanol–water partition coefficient (Wildman–Crippen LogP) is 4.10. The molecule has 0 fully saturated rings. The fraction of sp³-hybridized carbons (Fsp3) is 0.0588. The molecule has 0 aliphatic rings. The highest BCUT2D eigenvalue weighted by Crippen LogP contribution is 2.32. The van der Waals surface area contributed by atoms with Gasteiger partial charge < -0.3 is 4.98 Å². The van der Waals surface area contributed by atoms with Crippen molar-refractivity contribution in [2.45, 2.75) is 6.18 Å². The zero-order chi connectivity index (χ0) is 17.4. The van der Waals surface area contributed by atoms with E-state index in [2.05, 4.69) is 24.9 Å². The summed E-state index contributed by atoms with van der Waals surface area (Å²) in [5.41, 5.74) is 1.67. The first-order valence-corrected chi connectivity index (χ1v) is 7.31. The molecule has 0 saturated carbocycles. The smallest absolute Gasteiger partial charge is 0.336 e. The summed E-state index contributed by atoms with van der Waals surface area (Å²) in [5, 5.41) is 0. The molecule has 4 aromatic rings. The number of hydrogen-bond acceptors (Lipinski definition) is 4. The summed E-state index contributed by atoms with van der Waals surface area (Å²) in [6.45, 7) is 0. The quantitative estimate of drug-likeness (QED) is 0.596. The molecule has 0 radical (unpaired) electrons. The summed E-state index contributed by atoms with van der Waals surface area (Å²) in [6.07, 6.45) is 1.26. The van der Waals surface area contributed by atoms with Crippen molar-refractivity contribution in [3.8, 4) is 22.6 Å². The van der Waals surface area contributed by atoms with Gasteiger partial charge in [0.1, 0.15) is 5.82 Å². The highest BCUT2D eigenvalue weighted by Gasteiger charge is 2.31. The molecule has 1 N–H and O–H groups in total. The maximum Gasteiger partial charge on any atom is 0.417 e. The van der Waals surface area contributed by atoms with E-state index in [0.717, 1.165) is 17.8 Å². The second kappa shape index (κ2) is 5.66. The lowest BCUT2D eigenvalue weighted by atomic mass is 10.1. The van der Waals surface area contributed by atoms with Crippen LogP contribution in [-0.4, -0.2) is 24.9 Å². The molecule has 5 nitrogen and oxygen atoms in total. The Bertz CT molecular complexity index is 1040. The Morgan fingerprint density at radius 3 is 2.56 bits per heavy atom. The Kier molecular flexibility index (Phi) is 3.45. The number of halogens is 3. The fourth-order valence-corrected chi connectivity index (χ4v) is 2.51. The number of fused-ring (bicyclic) bond motifs is 1. The van der Waals surface area contributed by atoms with E-state index in [1.807, 2.05) is 6.07 Å². The van der Waals surface area contributed by atoms with Crippen LogP contribution >= 0.6 is 0 Å². The number of rotatable bonds is 2. The standard InChI is InChI=1S/C17H10F3N5/c18-17(19,20)11-7-13-16(23-9-11)25-15(24-13)12-4-2-6-22-14(12)10-3-1-5-21-8-10/h1-9H,(H,23,24,25). The van der Waals surface area contributed by atoms with E-state index in [1.165, 1.54) is 0 Å². The maximum atomic E-state index is 12.8. The van der Waals surface area contributed by atoms with Crippen molar-refractivity contribution >= 4 is 11.2 Å². The van der Waals surface area contributed by atoms with Gasteiger partial charge in [-0.15, -0.1) is 0 Å². The van der Waals surface area contributed by atoms with Gasteiger partial charge in [-0.1, -0.05) is 0 Å². The summed E-state index contributed by atoms with van der Waals surface area (Å²) in [4.78, 5) is 19.4. The van der Waals surface area contributed by atoms with Crippen LogP contribution < -0.4 is 0 Å². The molecule has 0 spiro atoms. The van der Waals surface area contributed by atoms with Crippen molar-refractivity contribution in [1.29, 1.82) is 0 Å². The number of aromatic nitrogens is 5. The van der Waals surface area contributed by atoms with Crippen molar-refractivity contribution in [3.05, 3.63) is 60.7 Å². The van der Waals surface area contributed by atoms with E-state index in [0.29, 0.717) is 17.1 Å². The monoisotopic (exact) mass is 341 g/mol. The van der Waals surface area contributed by atoms with Gasteiger partial charge in [-0.05, 0) is 30.3 Å². The Balaban J connectivity index is 1.86. The third-order valence-corrected chi connectivity index (χ3v) is 3.66. The maximum absolute atomic E-state index is 12.8. The summed E-state index contributed by atoms with van der Waals surface area (Å²) >= 11 is 0. The number of imidazole rings is 1. The van der Waals surface area contributed by atoms with Crippen molar-refractivity contribution in [2.24, 2.45) is 0 Å². The van der Waals surface area contributed by atoms with Gasteiger partial charge in [-0.2, -0.15) is 13.2 Å². The molecule has 25 heavy (non-hydrogen) atoms. The minimum Gasteiger partial charge on any atom is -0.336 e. The first kappa shape index (κ1) is 15.3. The number of H-pyrrole nitrogens is 1. The van der Waals surface area contributed by atoms with E-state index in [9.17, 15) is 13.2 Å². The lowest BCUT2D eigenvalue weighted by Crippen LogP contribution is -2.05. The van der Waals surface area contributed by atoms with Crippen molar-refractivity contribution in [1.82, 2.24) is 24.9 Å². The summed E-state index contributed by atoms with van der Waals surface area (Å²) in [5.74, 6) is 0.397. The second-order valence-corrected chi connectivity index (χ2v) is 5.32. The minimum absolute atomic E-state index is 0.212. The molecule has 0 aliphatic carbocycles. The Morgan fingerprint density at radius 2 is 1.80 bits per heavy atom. The number of alkyl halides is 3. The predicted molar refractivity (Wildman–Crippen MR) is 85.4 cm³/mol. The molecule has 0 aromatic carbocycles. The van der Waals surface area contributed by atoms with Gasteiger partial charge in [0.15, 0.2) is 5.65 Å².